The van der Waals surface area contributed by atoms with Crippen molar-refractivity contribution < 1.29 is 0 Å². The van der Waals surface area contributed by atoms with Crippen molar-refractivity contribution in [2.75, 3.05) is 0 Å². The molecule has 2 aliphatic carbocycles. The number of nitrogens with zero attached hydrogens (tertiary/aromatic N) is 1. The molecule has 1 aromatic rings. The first-order chi connectivity index (χ1) is 6.95. The van der Waals surface area contributed by atoms with E-state index >= 15 is 0 Å². The van der Waals surface area contributed by atoms with E-state index < -0.39 is 0 Å². The van der Waals surface area contributed by atoms with Crippen LogP contribution >= 0.6 is 0 Å². The minimum absolute atomic E-state index is 0.828. The second-order valence-electron chi connectivity index (χ2n) is 4.91. The van der Waals surface area contributed by atoms with Crippen LogP contribution in [0.1, 0.15) is 62.6 Å². The van der Waals surface area contributed by atoms with Crippen molar-refractivity contribution in [1.82, 2.24) is 4.57 Å². The predicted octanol–water partition coefficient (Wildman–Crippen LogP) is 3.87. The lowest BCUT2D eigenvalue weighted by molar-refractivity contribution is 0.347. The molecule has 0 aliphatic heterocycles. The molecule has 14 heavy (non-hydrogen) atoms. The molecule has 0 saturated heterocycles. The van der Waals surface area contributed by atoms with E-state index in [0.29, 0.717) is 0 Å². The van der Waals surface area contributed by atoms with E-state index in [1.165, 1.54) is 44.9 Å². The van der Waals surface area contributed by atoms with Crippen LogP contribution in [-0.2, 0) is 0 Å². The quantitative estimate of drug-likeness (QED) is 0.665. The Balaban J connectivity index is 1.82. The topological polar surface area (TPSA) is 4.93 Å². The molecule has 1 heteroatoms. The highest BCUT2D eigenvalue weighted by molar-refractivity contribution is 5.18. The Morgan fingerprint density at radius 2 is 1.79 bits per heavy atom. The fourth-order valence-electron chi connectivity index (χ4n) is 2.82. The molecule has 0 atom stereocenters. The molecule has 0 N–H and O–H groups in total. The largest absolute Gasteiger partial charge is 0.348 e. The second kappa shape index (κ2) is 3.45. The van der Waals surface area contributed by atoms with Gasteiger partial charge in [0.1, 0.15) is 0 Å². The van der Waals surface area contributed by atoms with Gasteiger partial charge in [0.25, 0.3) is 0 Å². The highest BCUT2D eigenvalue weighted by Crippen LogP contribution is 2.42. The van der Waals surface area contributed by atoms with Crippen LogP contribution in [0.2, 0.25) is 0 Å². The van der Waals surface area contributed by atoms with Gasteiger partial charge in [-0.15, -0.1) is 0 Å². The Morgan fingerprint density at radius 3 is 2.50 bits per heavy atom. The molecule has 1 aromatic heterocycles. The predicted molar refractivity (Wildman–Crippen MR) is 58.5 cm³/mol. The van der Waals surface area contributed by atoms with E-state index in [-0.39, 0.29) is 0 Å². The molecule has 2 fully saturated rings. The maximum Gasteiger partial charge on any atom is 0.0333 e. The molecule has 76 valence electrons. The van der Waals surface area contributed by atoms with E-state index in [4.69, 9.17) is 0 Å². The summed E-state index contributed by atoms with van der Waals surface area (Å²) in [6.45, 7) is 0. The minimum Gasteiger partial charge on any atom is -0.348 e. The molecule has 0 radical (unpaired) electrons. The third-order valence-corrected chi connectivity index (χ3v) is 3.78. The van der Waals surface area contributed by atoms with E-state index in [2.05, 4.69) is 22.9 Å². The lowest BCUT2D eigenvalue weighted by atomic mass is 9.95. The molecule has 0 bridgehead atoms. The van der Waals surface area contributed by atoms with Crippen LogP contribution in [0.3, 0.4) is 0 Å². The van der Waals surface area contributed by atoms with Crippen LogP contribution in [0, 0.1) is 0 Å². The number of hydrogen-bond donors (Lipinski definition) is 0. The van der Waals surface area contributed by atoms with Crippen LogP contribution in [0.5, 0.6) is 0 Å². The molecular weight excluding hydrogens is 170 g/mol. The highest BCUT2D eigenvalue weighted by Gasteiger charge is 2.28. The van der Waals surface area contributed by atoms with Gasteiger partial charge in [-0.1, -0.05) is 19.3 Å². The van der Waals surface area contributed by atoms with Gasteiger partial charge in [-0.25, -0.2) is 0 Å². The maximum absolute atomic E-state index is 2.58. The lowest BCUT2D eigenvalue weighted by Crippen LogP contribution is -2.13. The Hall–Kier alpha value is -0.720. The van der Waals surface area contributed by atoms with Crippen molar-refractivity contribution in [3.63, 3.8) is 0 Å². The molecule has 0 aromatic carbocycles. The molecule has 3 rings (SSSR count). The van der Waals surface area contributed by atoms with Gasteiger partial charge in [0.15, 0.2) is 0 Å². The molecule has 1 heterocycles. The smallest absolute Gasteiger partial charge is 0.0333 e. The Labute approximate surface area is 86.1 Å². The third kappa shape index (κ3) is 1.49. The van der Waals surface area contributed by atoms with Crippen molar-refractivity contribution in [3.05, 3.63) is 24.0 Å². The summed E-state index contributed by atoms with van der Waals surface area (Å²) in [5.74, 6) is 0.909. The van der Waals surface area contributed by atoms with Crippen molar-refractivity contribution in [2.45, 2.75) is 56.9 Å². The average molecular weight is 189 g/mol. The summed E-state index contributed by atoms with van der Waals surface area (Å²) in [6.07, 6.45) is 12.3. The summed E-state index contributed by atoms with van der Waals surface area (Å²) < 4.78 is 2.58. The summed E-state index contributed by atoms with van der Waals surface area (Å²) in [5, 5.41) is 0. The Kier molecular flexibility index (Phi) is 2.11. The molecule has 0 spiro atoms. The SMILES string of the molecule is c1cc(C2CC2)n(C2CCCCC2)c1. The van der Waals surface area contributed by atoms with Crippen LogP contribution in [-0.4, -0.2) is 4.57 Å². The third-order valence-electron chi connectivity index (χ3n) is 3.78. The van der Waals surface area contributed by atoms with Gasteiger partial charge in [0.05, 0.1) is 0 Å². The molecule has 0 amide bonds. The summed E-state index contributed by atoms with van der Waals surface area (Å²) in [6, 6.07) is 5.41. The molecule has 2 saturated carbocycles. The normalized spacial score (nSPS) is 24.0. The van der Waals surface area contributed by atoms with Crippen LogP contribution in [0.4, 0.5) is 0 Å². The van der Waals surface area contributed by atoms with Gasteiger partial charge >= 0.3 is 0 Å². The van der Waals surface area contributed by atoms with E-state index in [9.17, 15) is 0 Å². The number of rotatable bonds is 2. The van der Waals surface area contributed by atoms with Gasteiger partial charge < -0.3 is 4.57 Å². The fraction of sp³-hybridized carbons (Fsp3) is 0.692. The van der Waals surface area contributed by atoms with E-state index in [1.54, 1.807) is 5.69 Å². The summed E-state index contributed by atoms with van der Waals surface area (Å²) in [5.41, 5.74) is 1.62. The van der Waals surface area contributed by atoms with Gasteiger partial charge in [-0.3, -0.25) is 0 Å². The summed E-state index contributed by atoms with van der Waals surface area (Å²) in [4.78, 5) is 0. The van der Waals surface area contributed by atoms with Crippen LogP contribution < -0.4 is 0 Å². The monoisotopic (exact) mass is 189 g/mol. The first-order valence-electron chi connectivity index (χ1n) is 6.12. The van der Waals surface area contributed by atoms with E-state index in [1.807, 2.05) is 0 Å². The summed E-state index contributed by atoms with van der Waals surface area (Å²) in [7, 11) is 0. The molecular formula is C13H19N. The summed E-state index contributed by atoms with van der Waals surface area (Å²) >= 11 is 0. The number of aromatic nitrogens is 1. The Morgan fingerprint density at radius 1 is 1.00 bits per heavy atom. The van der Waals surface area contributed by atoms with Gasteiger partial charge in [0, 0.05) is 17.9 Å². The first-order valence-corrected chi connectivity index (χ1v) is 6.12. The van der Waals surface area contributed by atoms with Crippen LogP contribution in [0.15, 0.2) is 18.3 Å². The van der Waals surface area contributed by atoms with Gasteiger partial charge in [0.2, 0.25) is 0 Å². The zero-order chi connectivity index (χ0) is 9.38. The van der Waals surface area contributed by atoms with Crippen molar-refractivity contribution >= 4 is 0 Å². The first kappa shape index (κ1) is 8.58. The zero-order valence-electron chi connectivity index (χ0n) is 8.78. The van der Waals surface area contributed by atoms with Crippen molar-refractivity contribution in [2.24, 2.45) is 0 Å². The van der Waals surface area contributed by atoms with Crippen molar-refractivity contribution in [3.8, 4) is 0 Å². The molecule has 1 nitrogen and oxygen atoms in total. The van der Waals surface area contributed by atoms with Gasteiger partial charge in [-0.05, 0) is 43.7 Å². The maximum atomic E-state index is 2.58. The zero-order valence-corrected chi connectivity index (χ0v) is 8.78. The standard InChI is InChI=1S/C13H19N/c1-2-5-12(6-3-1)14-10-4-7-13(14)11-8-9-11/h4,7,10-12H,1-3,5-6,8-9H2. The van der Waals surface area contributed by atoms with E-state index in [0.717, 1.165) is 12.0 Å². The van der Waals surface area contributed by atoms with Crippen molar-refractivity contribution in [1.29, 1.82) is 0 Å². The lowest BCUT2D eigenvalue weighted by Gasteiger charge is -2.25. The molecule has 0 unspecified atom stereocenters. The highest BCUT2D eigenvalue weighted by atomic mass is 15.0. The average Bonchev–Trinajstić information content (AvgIpc) is 2.98. The van der Waals surface area contributed by atoms with Crippen LogP contribution in [0.25, 0.3) is 0 Å². The van der Waals surface area contributed by atoms with Gasteiger partial charge in [-0.2, -0.15) is 0 Å². The fourth-order valence-corrected chi connectivity index (χ4v) is 2.82. The second-order valence-corrected chi connectivity index (χ2v) is 4.91. The number of hydrogen-bond acceptors (Lipinski definition) is 0. The molecule has 2 aliphatic rings. The Bertz CT molecular complexity index is 303. The minimum atomic E-state index is 0.828.